The van der Waals surface area contributed by atoms with Gasteiger partial charge in [0.05, 0.1) is 25.8 Å². The number of carbonyl (C=O) groups excluding carboxylic acids is 2. The zero-order valence-corrected chi connectivity index (χ0v) is 10.6. The number of quaternary nitrogens is 1. The predicted molar refractivity (Wildman–Crippen MR) is 66.4 cm³/mol. The van der Waals surface area contributed by atoms with Gasteiger partial charge in [-0.05, 0) is 31.2 Å². The summed E-state index contributed by atoms with van der Waals surface area (Å²) in [4.78, 5) is 25.1. The molecule has 5 heteroatoms. The van der Waals surface area contributed by atoms with Gasteiger partial charge in [-0.15, -0.1) is 0 Å². The minimum absolute atomic E-state index is 0.146. The summed E-state index contributed by atoms with van der Waals surface area (Å²) in [5.74, 6) is 0.442. The van der Waals surface area contributed by atoms with E-state index in [9.17, 15) is 9.59 Å². The first-order chi connectivity index (χ1) is 8.67. The fourth-order valence-electron chi connectivity index (χ4n) is 2.05. The van der Waals surface area contributed by atoms with Crippen LogP contribution in [-0.4, -0.2) is 31.5 Å². The van der Waals surface area contributed by atoms with Crippen LogP contribution < -0.4 is 15.0 Å². The van der Waals surface area contributed by atoms with E-state index >= 15 is 0 Å². The van der Waals surface area contributed by atoms with Crippen LogP contribution in [0.25, 0.3) is 0 Å². The normalized spacial score (nSPS) is 19.4. The van der Waals surface area contributed by atoms with Crippen LogP contribution in [0.4, 0.5) is 5.69 Å². The zero-order chi connectivity index (χ0) is 13.1. The molecular weight excluding hydrogens is 232 g/mol. The Morgan fingerprint density at radius 1 is 1.33 bits per heavy atom. The monoisotopic (exact) mass is 249 g/mol. The van der Waals surface area contributed by atoms with Gasteiger partial charge in [0.15, 0.2) is 6.04 Å². The molecule has 0 unspecified atom stereocenters. The van der Waals surface area contributed by atoms with E-state index in [-0.39, 0.29) is 24.3 Å². The van der Waals surface area contributed by atoms with Gasteiger partial charge in [-0.3, -0.25) is 9.59 Å². The molecule has 5 nitrogen and oxygen atoms in total. The summed E-state index contributed by atoms with van der Waals surface area (Å²) in [6.07, 6.45) is 0.266. The van der Waals surface area contributed by atoms with Gasteiger partial charge in [-0.25, -0.2) is 4.90 Å². The fourth-order valence-corrected chi connectivity index (χ4v) is 2.05. The van der Waals surface area contributed by atoms with Crippen molar-refractivity contribution in [3.63, 3.8) is 0 Å². The molecule has 0 saturated carbocycles. The summed E-state index contributed by atoms with van der Waals surface area (Å²) in [6, 6.07) is 6.71. The first-order valence-corrected chi connectivity index (χ1v) is 6.06. The summed E-state index contributed by atoms with van der Waals surface area (Å²) in [6.45, 7) is 2.50. The molecule has 96 valence electrons. The molecule has 2 N–H and O–H groups in total. The van der Waals surface area contributed by atoms with Crippen LogP contribution >= 0.6 is 0 Å². The lowest BCUT2D eigenvalue weighted by molar-refractivity contribution is -0.647. The molecule has 1 atom stereocenters. The summed E-state index contributed by atoms with van der Waals surface area (Å²) in [5.41, 5.74) is 0.609. The lowest BCUT2D eigenvalue weighted by atomic mass is 10.2. The third-order valence-electron chi connectivity index (χ3n) is 2.99. The van der Waals surface area contributed by atoms with Gasteiger partial charge >= 0.3 is 0 Å². The maximum atomic E-state index is 12.0. The molecule has 1 saturated heterocycles. The van der Waals surface area contributed by atoms with Crippen molar-refractivity contribution >= 4 is 17.5 Å². The molecule has 1 aliphatic rings. The summed E-state index contributed by atoms with van der Waals surface area (Å²) in [7, 11) is 1.80. The van der Waals surface area contributed by atoms with Gasteiger partial charge in [0, 0.05) is 0 Å². The van der Waals surface area contributed by atoms with Crippen LogP contribution in [0.2, 0.25) is 0 Å². The van der Waals surface area contributed by atoms with Gasteiger partial charge in [-0.2, -0.15) is 0 Å². The lowest BCUT2D eigenvalue weighted by Crippen LogP contribution is -2.87. The second-order valence-corrected chi connectivity index (χ2v) is 4.14. The molecular formula is C13H17N2O3+. The minimum Gasteiger partial charge on any atom is -0.494 e. The zero-order valence-electron chi connectivity index (χ0n) is 10.6. The number of anilines is 1. The molecule has 2 rings (SSSR count). The molecule has 0 spiro atoms. The van der Waals surface area contributed by atoms with Crippen molar-refractivity contribution in [2.75, 3.05) is 18.6 Å². The van der Waals surface area contributed by atoms with E-state index in [1.807, 2.05) is 6.92 Å². The van der Waals surface area contributed by atoms with Crippen molar-refractivity contribution in [1.29, 1.82) is 0 Å². The second-order valence-electron chi connectivity index (χ2n) is 4.14. The van der Waals surface area contributed by atoms with E-state index in [0.29, 0.717) is 12.3 Å². The highest BCUT2D eigenvalue weighted by Crippen LogP contribution is 2.24. The molecule has 0 radical (unpaired) electrons. The minimum atomic E-state index is -0.288. The highest BCUT2D eigenvalue weighted by atomic mass is 16.5. The largest absolute Gasteiger partial charge is 0.494 e. The van der Waals surface area contributed by atoms with E-state index < -0.39 is 0 Å². The predicted octanol–water partition coefficient (Wildman–Crippen LogP) is -0.0896. The van der Waals surface area contributed by atoms with Gasteiger partial charge in [0.2, 0.25) is 5.91 Å². The van der Waals surface area contributed by atoms with Crippen molar-refractivity contribution in [2.45, 2.75) is 19.4 Å². The maximum absolute atomic E-state index is 12.0. The topological polar surface area (TPSA) is 63.2 Å². The van der Waals surface area contributed by atoms with Gasteiger partial charge in [0.1, 0.15) is 5.75 Å². The summed E-state index contributed by atoms with van der Waals surface area (Å²) < 4.78 is 5.32. The van der Waals surface area contributed by atoms with E-state index in [2.05, 4.69) is 0 Å². The molecule has 1 aromatic rings. The number of nitrogens with zero attached hydrogens (tertiary/aromatic N) is 1. The van der Waals surface area contributed by atoms with Crippen LogP contribution in [0.3, 0.4) is 0 Å². The number of benzene rings is 1. The molecule has 0 aliphatic carbocycles. The van der Waals surface area contributed by atoms with Crippen LogP contribution in [0.5, 0.6) is 5.75 Å². The number of imide groups is 1. The Morgan fingerprint density at radius 2 is 2.00 bits per heavy atom. The summed E-state index contributed by atoms with van der Waals surface area (Å²) in [5, 5.41) is 1.77. The van der Waals surface area contributed by atoms with E-state index in [1.165, 1.54) is 4.90 Å². The van der Waals surface area contributed by atoms with Gasteiger partial charge in [-0.1, -0.05) is 0 Å². The van der Waals surface area contributed by atoms with E-state index in [1.54, 1.807) is 36.6 Å². The first kappa shape index (κ1) is 12.6. The molecule has 1 aliphatic heterocycles. The SMILES string of the molecule is CCOc1ccc(N2C(=O)C[C@@H]([NH2+]C)C2=O)cc1. The maximum Gasteiger partial charge on any atom is 0.292 e. The molecule has 1 heterocycles. The molecule has 0 bridgehead atoms. The Labute approximate surface area is 106 Å². The number of likely N-dealkylation sites (N-methyl/N-ethyl adjacent to an activating group) is 1. The molecule has 1 fully saturated rings. The Kier molecular flexibility index (Phi) is 3.62. The Bertz CT molecular complexity index is 456. The highest BCUT2D eigenvalue weighted by molar-refractivity contribution is 6.21. The van der Waals surface area contributed by atoms with E-state index in [0.717, 1.165) is 5.75 Å². The van der Waals surface area contributed by atoms with Crippen LogP contribution in [0.15, 0.2) is 24.3 Å². The van der Waals surface area contributed by atoms with Crippen molar-refractivity contribution in [2.24, 2.45) is 0 Å². The molecule has 2 amide bonds. The number of amides is 2. The first-order valence-electron chi connectivity index (χ1n) is 6.06. The number of nitrogens with two attached hydrogens (primary N) is 1. The number of rotatable bonds is 4. The number of hydrogen-bond donors (Lipinski definition) is 1. The number of hydrogen-bond acceptors (Lipinski definition) is 3. The van der Waals surface area contributed by atoms with Crippen molar-refractivity contribution in [1.82, 2.24) is 0 Å². The average Bonchev–Trinajstić information content (AvgIpc) is 2.66. The molecule has 1 aromatic carbocycles. The Morgan fingerprint density at radius 3 is 2.50 bits per heavy atom. The third kappa shape index (κ3) is 2.22. The lowest BCUT2D eigenvalue weighted by Gasteiger charge is -2.14. The standard InChI is InChI=1S/C13H16N2O3/c1-3-18-10-6-4-9(5-7-10)15-12(16)8-11(14-2)13(15)17/h4-7,11,14H,3,8H2,1-2H3/p+1/t11-/m1/s1. The fraction of sp³-hybridized carbons (Fsp3) is 0.385. The van der Waals surface area contributed by atoms with Crippen molar-refractivity contribution < 1.29 is 19.6 Å². The summed E-state index contributed by atoms with van der Waals surface area (Å²) >= 11 is 0. The number of ether oxygens (including phenoxy) is 1. The third-order valence-corrected chi connectivity index (χ3v) is 2.99. The van der Waals surface area contributed by atoms with Crippen LogP contribution in [0.1, 0.15) is 13.3 Å². The highest BCUT2D eigenvalue weighted by Gasteiger charge is 2.41. The Balaban J connectivity index is 2.21. The van der Waals surface area contributed by atoms with Gasteiger partial charge < -0.3 is 10.1 Å². The second kappa shape index (κ2) is 5.18. The van der Waals surface area contributed by atoms with E-state index in [4.69, 9.17) is 4.74 Å². The quantitative estimate of drug-likeness (QED) is 0.759. The Hall–Kier alpha value is -1.88. The molecule has 0 aromatic heterocycles. The van der Waals surface area contributed by atoms with Gasteiger partial charge in [0.25, 0.3) is 5.91 Å². The average molecular weight is 249 g/mol. The van der Waals surface area contributed by atoms with Crippen LogP contribution in [-0.2, 0) is 9.59 Å². The van der Waals surface area contributed by atoms with Crippen molar-refractivity contribution in [3.8, 4) is 5.75 Å². The molecule has 18 heavy (non-hydrogen) atoms. The van der Waals surface area contributed by atoms with Crippen molar-refractivity contribution in [3.05, 3.63) is 24.3 Å². The van der Waals surface area contributed by atoms with Crippen LogP contribution in [0, 0.1) is 0 Å². The smallest absolute Gasteiger partial charge is 0.292 e. The number of carbonyl (C=O) groups is 2.